The number of hydrogen-bond acceptors (Lipinski definition) is 9. The van der Waals surface area contributed by atoms with Gasteiger partial charge in [-0.3, -0.25) is 4.79 Å². The molecule has 6 atom stereocenters. The van der Waals surface area contributed by atoms with Crippen molar-refractivity contribution in [3.63, 3.8) is 0 Å². The molecule has 2 fully saturated rings. The maximum Gasteiger partial charge on any atom is 0.308 e. The van der Waals surface area contributed by atoms with Crippen molar-refractivity contribution in [2.45, 2.75) is 68.1 Å². The Labute approximate surface area is 143 Å². The van der Waals surface area contributed by atoms with Crippen molar-refractivity contribution in [1.82, 2.24) is 0 Å². The van der Waals surface area contributed by atoms with Gasteiger partial charge in [-0.15, -0.1) is 0 Å². The second-order valence-electron chi connectivity index (χ2n) is 5.76. The van der Waals surface area contributed by atoms with Crippen LogP contribution in [0.2, 0.25) is 0 Å². The highest BCUT2D eigenvalue weighted by molar-refractivity contribution is 8.77. The van der Waals surface area contributed by atoms with Crippen LogP contribution in [0.3, 0.4) is 0 Å². The standard InChI is InChI=1S/C14H24O7S2/c15-7-9-11(17)12(18)13(19)14(20-9)21-10(16)4-2-1-3-8-5-6-22-23-8/h8-9,11-15,17-19H,1-7H2/t8-,9-,11-,12+,13+,14?/m1/s1. The summed E-state index contributed by atoms with van der Waals surface area (Å²) in [6.07, 6.45) is -2.84. The second-order valence-corrected chi connectivity index (χ2v) is 8.55. The van der Waals surface area contributed by atoms with Crippen molar-refractivity contribution < 1.29 is 34.7 Å². The van der Waals surface area contributed by atoms with Gasteiger partial charge in [-0.05, 0) is 19.3 Å². The van der Waals surface area contributed by atoms with Gasteiger partial charge in [-0.25, -0.2) is 0 Å². The summed E-state index contributed by atoms with van der Waals surface area (Å²) in [7, 11) is 3.79. The second kappa shape index (κ2) is 9.45. The zero-order valence-electron chi connectivity index (χ0n) is 12.7. The summed E-state index contributed by atoms with van der Waals surface area (Å²) in [5, 5.41) is 38.8. The molecular weight excluding hydrogens is 344 g/mol. The summed E-state index contributed by atoms with van der Waals surface area (Å²) in [6, 6.07) is 0. The smallest absolute Gasteiger partial charge is 0.308 e. The number of ether oxygens (including phenoxy) is 2. The van der Waals surface area contributed by atoms with Crippen molar-refractivity contribution in [3.8, 4) is 0 Å². The average Bonchev–Trinajstić information content (AvgIpc) is 3.05. The summed E-state index contributed by atoms with van der Waals surface area (Å²) >= 11 is 0. The number of unbranched alkanes of at least 4 members (excludes halogenated alkanes) is 1. The molecule has 1 unspecified atom stereocenters. The van der Waals surface area contributed by atoms with Crippen LogP contribution in [0.5, 0.6) is 0 Å². The highest BCUT2D eigenvalue weighted by Crippen LogP contribution is 2.39. The van der Waals surface area contributed by atoms with Crippen molar-refractivity contribution >= 4 is 27.6 Å². The largest absolute Gasteiger partial charge is 0.433 e. The van der Waals surface area contributed by atoms with Crippen LogP contribution < -0.4 is 0 Å². The molecule has 4 N–H and O–H groups in total. The fourth-order valence-electron chi connectivity index (χ4n) is 2.56. The van der Waals surface area contributed by atoms with E-state index in [4.69, 9.17) is 14.6 Å². The lowest BCUT2D eigenvalue weighted by Crippen LogP contribution is -2.59. The minimum Gasteiger partial charge on any atom is -0.433 e. The molecule has 7 nitrogen and oxygen atoms in total. The number of carbonyl (C=O) groups excluding carboxylic acids is 1. The molecule has 0 radical (unpaired) electrons. The number of rotatable bonds is 7. The first kappa shape index (κ1) is 19.3. The molecule has 9 heteroatoms. The monoisotopic (exact) mass is 368 g/mol. The molecule has 134 valence electrons. The Kier molecular flexibility index (Phi) is 7.93. The molecule has 0 aromatic rings. The van der Waals surface area contributed by atoms with Gasteiger partial charge in [0.2, 0.25) is 6.29 Å². The van der Waals surface area contributed by atoms with Gasteiger partial charge in [0.05, 0.1) is 6.61 Å². The van der Waals surface area contributed by atoms with Crippen LogP contribution in [0, 0.1) is 0 Å². The van der Waals surface area contributed by atoms with E-state index in [1.54, 1.807) is 0 Å². The predicted molar refractivity (Wildman–Crippen MR) is 86.8 cm³/mol. The van der Waals surface area contributed by atoms with E-state index < -0.39 is 43.3 Å². The summed E-state index contributed by atoms with van der Waals surface area (Å²) in [5.74, 6) is 0.664. The Hall–Kier alpha value is -0.0300. The summed E-state index contributed by atoms with van der Waals surface area (Å²) < 4.78 is 10.2. The van der Waals surface area contributed by atoms with Gasteiger partial charge in [0.25, 0.3) is 0 Å². The molecule has 2 rings (SSSR count). The zero-order valence-corrected chi connectivity index (χ0v) is 14.4. The van der Waals surface area contributed by atoms with Crippen LogP contribution in [-0.2, 0) is 14.3 Å². The lowest BCUT2D eigenvalue weighted by atomic mass is 9.99. The van der Waals surface area contributed by atoms with E-state index >= 15 is 0 Å². The van der Waals surface area contributed by atoms with Crippen LogP contribution in [0.25, 0.3) is 0 Å². The fraction of sp³-hybridized carbons (Fsp3) is 0.929. The third-order valence-electron chi connectivity index (χ3n) is 3.98. The van der Waals surface area contributed by atoms with E-state index in [1.807, 2.05) is 21.6 Å². The van der Waals surface area contributed by atoms with E-state index in [1.165, 1.54) is 12.2 Å². The maximum absolute atomic E-state index is 11.8. The summed E-state index contributed by atoms with van der Waals surface area (Å²) in [4.78, 5) is 11.8. The maximum atomic E-state index is 11.8. The van der Waals surface area contributed by atoms with Crippen LogP contribution in [-0.4, -0.2) is 74.7 Å². The van der Waals surface area contributed by atoms with Crippen LogP contribution in [0.15, 0.2) is 0 Å². The van der Waals surface area contributed by atoms with Gasteiger partial charge in [0.15, 0.2) is 0 Å². The van der Waals surface area contributed by atoms with Crippen molar-refractivity contribution in [2.24, 2.45) is 0 Å². The van der Waals surface area contributed by atoms with Crippen LogP contribution in [0.1, 0.15) is 32.1 Å². The normalized spacial score (nSPS) is 37.7. The topological polar surface area (TPSA) is 116 Å². The van der Waals surface area contributed by atoms with Gasteiger partial charge < -0.3 is 29.9 Å². The molecule has 2 saturated heterocycles. The lowest BCUT2D eigenvalue weighted by Gasteiger charge is -2.39. The molecule has 0 amide bonds. The molecule has 2 aliphatic rings. The number of aliphatic hydroxyl groups is 4. The zero-order chi connectivity index (χ0) is 16.8. The Morgan fingerprint density at radius 2 is 1.96 bits per heavy atom. The summed E-state index contributed by atoms with van der Waals surface area (Å²) in [6.45, 7) is -0.546. The van der Waals surface area contributed by atoms with E-state index in [-0.39, 0.29) is 6.42 Å². The predicted octanol–water partition coefficient (Wildman–Crippen LogP) is 0.0436. The van der Waals surface area contributed by atoms with Gasteiger partial charge in [0.1, 0.15) is 24.4 Å². The number of hydrogen-bond donors (Lipinski definition) is 4. The minimum atomic E-state index is -1.54. The molecule has 0 aliphatic carbocycles. The molecule has 0 spiro atoms. The van der Waals surface area contributed by atoms with Gasteiger partial charge >= 0.3 is 5.97 Å². The Morgan fingerprint density at radius 1 is 1.17 bits per heavy atom. The SMILES string of the molecule is O=C(CCCC[C@@H]1CCSS1)OC1O[C@H](CO)[C@@H](O)[C@H](O)[C@@H]1O. The molecule has 2 heterocycles. The van der Waals surface area contributed by atoms with Crippen LogP contribution >= 0.6 is 21.6 Å². The lowest BCUT2D eigenvalue weighted by molar-refractivity contribution is -0.292. The third kappa shape index (κ3) is 5.48. The first-order valence-corrected chi connectivity index (χ1v) is 10.2. The quantitative estimate of drug-likeness (QED) is 0.281. The molecule has 0 bridgehead atoms. The number of esters is 1. The van der Waals surface area contributed by atoms with E-state index in [2.05, 4.69) is 0 Å². The van der Waals surface area contributed by atoms with E-state index in [9.17, 15) is 20.1 Å². The van der Waals surface area contributed by atoms with Gasteiger partial charge in [-0.2, -0.15) is 0 Å². The van der Waals surface area contributed by atoms with Crippen LogP contribution in [0.4, 0.5) is 0 Å². The Morgan fingerprint density at radius 3 is 2.61 bits per heavy atom. The van der Waals surface area contributed by atoms with Crippen molar-refractivity contribution in [3.05, 3.63) is 0 Å². The number of carbonyl (C=O) groups is 1. The molecule has 0 saturated carbocycles. The fourth-order valence-corrected chi connectivity index (χ4v) is 5.59. The Balaban J connectivity index is 1.68. The third-order valence-corrected chi connectivity index (χ3v) is 6.99. The molecule has 0 aromatic carbocycles. The molecule has 23 heavy (non-hydrogen) atoms. The highest BCUT2D eigenvalue weighted by Gasteiger charge is 2.45. The van der Waals surface area contributed by atoms with Crippen molar-refractivity contribution in [1.29, 1.82) is 0 Å². The number of aliphatic hydroxyl groups excluding tert-OH is 4. The first-order chi connectivity index (χ1) is 11.0. The Bertz CT molecular complexity index is 376. The summed E-state index contributed by atoms with van der Waals surface area (Å²) in [5.41, 5.74) is 0. The van der Waals surface area contributed by atoms with Crippen molar-refractivity contribution in [2.75, 3.05) is 12.4 Å². The molecule has 0 aromatic heterocycles. The molecular formula is C14H24O7S2. The minimum absolute atomic E-state index is 0.208. The van der Waals surface area contributed by atoms with Gasteiger partial charge in [0, 0.05) is 17.4 Å². The van der Waals surface area contributed by atoms with E-state index in [0.29, 0.717) is 11.7 Å². The van der Waals surface area contributed by atoms with E-state index in [0.717, 1.165) is 12.8 Å². The highest BCUT2D eigenvalue weighted by atomic mass is 33.1. The first-order valence-electron chi connectivity index (χ1n) is 7.81. The average molecular weight is 368 g/mol. The van der Waals surface area contributed by atoms with Gasteiger partial charge in [-0.1, -0.05) is 28.0 Å². The molecule has 2 aliphatic heterocycles.